The fourth-order valence-electron chi connectivity index (χ4n) is 3.45. The molecular weight excluding hydrogens is 426 g/mol. The molecule has 0 spiro atoms. The summed E-state index contributed by atoms with van der Waals surface area (Å²) in [6, 6.07) is 3.43. The average Bonchev–Trinajstić information content (AvgIpc) is 2.98. The topological polar surface area (TPSA) is 79.6 Å². The van der Waals surface area contributed by atoms with Crippen molar-refractivity contribution in [3.8, 4) is 11.3 Å². The predicted molar refractivity (Wildman–Crippen MR) is 102 cm³/mol. The van der Waals surface area contributed by atoms with E-state index in [1.165, 1.54) is 6.07 Å². The number of benzene rings is 1. The zero-order valence-electron chi connectivity index (χ0n) is 15.7. The van der Waals surface area contributed by atoms with Crippen molar-refractivity contribution in [3.63, 3.8) is 0 Å². The van der Waals surface area contributed by atoms with Crippen molar-refractivity contribution in [2.75, 3.05) is 24.7 Å². The molecule has 1 N–H and O–H groups in total. The number of sulfonamides is 1. The van der Waals surface area contributed by atoms with Crippen LogP contribution in [0, 0.1) is 17.5 Å². The second kappa shape index (κ2) is 7.51. The van der Waals surface area contributed by atoms with Gasteiger partial charge in [-0.3, -0.25) is 0 Å². The molecular formula is C18H17F4N5O2S. The van der Waals surface area contributed by atoms with E-state index in [0.29, 0.717) is 0 Å². The van der Waals surface area contributed by atoms with Gasteiger partial charge >= 0.3 is 0 Å². The summed E-state index contributed by atoms with van der Waals surface area (Å²) >= 11 is 0. The number of rotatable bonds is 4. The van der Waals surface area contributed by atoms with E-state index >= 15 is 0 Å². The molecule has 0 bridgehead atoms. The van der Waals surface area contributed by atoms with Crippen LogP contribution in [0.1, 0.15) is 6.42 Å². The third-order valence-electron chi connectivity index (χ3n) is 4.97. The number of nitrogens with zero attached hydrogens (tertiary/aromatic N) is 4. The summed E-state index contributed by atoms with van der Waals surface area (Å²) in [4.78, 5) is 3.95. The number of piperidine rings is 1. The minimum absolute atomic E-state index is 0.0865. The van der Waals surface area contributed by atoms with E-state index < -0.39 is 45.3 Å². The number of halogens is 4. The van der Waals surface area contributed by atoms with E-state index in [1.54, 1.807) is 0 Å². The Bertz CT molecular complexity index is 1200. The molecule has 1 aromatic carbocycles. The van der Waals surface area contributed by atoms with Crippen LogP contribution in [-0.4, -0.2) is 58.9 Å². The quantitative estimate of drug-likeness (QED) is 0.627. The van der Waals surface area contributed by atoms with Crippen LogP contribution < -0.4 is 5.32 Å². The third kappa shape index (κ3) is 3.72. The first kappa shape index (κ1) is 20.5. The van der Waals surface area contributed by atoms with Crippen molar-refractivity contribution < 1.29 is 26.0 Å². The summed E-state index contributed by atoms with van der Waals surface area (Å²) in [7, 11) is -3.51. The van der Waals surface area contributed by atoms with Crippen LogP contribution in [0.15, 0.2) is 30.5 Å². The molecule has 0 radical (unpaired) electrons. The number of aromatic nitrogens is 3. The molecule has 30 heavy (non-hydrogen) atoms. The summed E-state index contributed by atoms with van der Waals surface area (Å²) in [5.74, 6) is -2.64. The van der Waals surface area contributed by atoms with Gasteiger partial charge in [-0.25, -0.2) is 35.5 Å². The van der Waals surface area contributed by atoms with Crippen molar-refractivity contribution in [2.45, 2.75) is 18.6 Å². The van der Waals surface area contributed by atoms with Crippen molar-refractivity contribution in [1.29, 1.82) is 0 Å². The molecule has 0 saturated carbocycles. The fraction of sp³-hybridized carbons (Fsp3) is 0.333. The molecule has 0 unspecified atom stereocenters. The zero-order chi connectivity index (χ0) is 21.6. The van der Waals surface area contributed by atoms with Gasteiger partial charge in [0.2, 0.25) is 16.0 Å². The number of anilines is 1. The highest BCUT2D eigenvalue weighted by Crippen LogP contribution is 2.29. The van der Waals surface area contributed by atoms with Crippen LogP contribution in [0.4, 0.5) is 23.5 Å². The number of fused-ring (bicyclic) bond motifs is 1. The summed E-state index contributed by atoms with van der Waals surface area (Å²) in [6.45, 7) is -0.203. The Labute approximate surface area is 169 Å². The molecule has 0 aliphatic carbocycles. The lowest BCUT2D eigenvalue weighted by molar-refractivity contribution is 0.186. The Morgan fingerprint density at radius 3 is 2.50 bits per heavy atom. The first-order chi connectivity index (χ1) is 14.1. The SMILES string of the molecule is CS(=O)(=O)N1CC[C@@H](Nc2ncc3c(F)cc(-c4c(F)cccc4F)n3n2)[C@H](F)C1. The molecule has 2 atom stereocenters. The molecule has 0 amide bonds. The molecule has 7 nitrogen and oxygen atoms in total. The Morgan fingerprint density at radius 2 is 1.87 bits per heavy atom. The van der Waals surface area contributed by atoms with E-state index in [4.69, 9.17) is 0 Å². The maximum absolute atomic E-state index is 14.5. The van der Waals surface area contributed by atoms with Crippen LogP contribution in [0.25, 0.3) is 16.8 Å². The monoisotopic (exact) mass is 443 g/mol. The first-order valence-corrected chi connectivity index (χ1v) is 10.8. The second-order valence-corrected chi connectivity index (χ2v) is 9.01. The maximum Gasteiger partial charge on any atom is 0.241 e. The van der Waals surface area contributed by atoms with E-state index in [1.807, 2.05) is 0 Å². The molecule has 3 aromatic rings. The summed E-state index contributed by atoms with van der Waals surface area (Å²) in [5.41, 5.74) is -0.722. The van der Waals surface area contributed by atoms with Gasteiger partial charge in [0.15, 0.2) is 5.82 Å². The van der Waals surface area contributed by atoms with Crippen LogP contribution in [0.3, 0.4) is 0 Å². The molecule has 4 rings (SSSR count). The van der Waals surface area contributed by atoms with Crippen molar-refractivity contribution in [3.05, 3.63) is 47.9 Å². The van der Waals surface area contributed by atoms with Crippen molar-refractivity contribution in [2.24, 2.45) is 0 Å². The third-order valence-corrected chi connectivity index (χ3v) is 6.24. The summed E-state index contributed by atoms with van der Waals surface area (Å²) in [5, 5.41) is 6.84. The molecule has 1 aliphatic rings. The Kier molecular flexibility index (Phi) is 5.14. The molecule has 3 heterocycles. The van der Waals surface area contributed by atoms with Gasteiger partial charge in [0.05, 0.1) is 29.8 Å². The smallest absolute Gasteiger partial charge is 0.241 e. The lowest BCUT2D eigenvalue weighted by atomic mass is 10.1. The largest absolute Gasteiger partial charge is 0.347 e. The highest BCUT2D eigenvalue weighted by atomic mass is 32.2. The van der Waals surface area contributed by atoms with Gasteiger partial charge in [-0.2, -0.15) is 4.31 Å². The van der Waals surface area contributed by atoms with Crippen LogP contribution in [0.2, 0.25) is 0 Å². The minimum Gasteiger partial charge on any atom is -0.347 e. The highest BCUT2D eigenvalue weighted by molar-refractivity contribution is 7.88. The Balaban J connectivity index is 1.66. The molecule has 160 valence electrons. The van der Waals surface area contributed by atoms with Gasteiger partial charge in [0.1, 0.15) is 23.3 Å². The lowest BCUT2D eigenvalue weighted by Crippen LogP contribution is -2.49. The Morgan fingerprint density at radius 1 is 1.17 bits per heavy atom. The van der Waals surface area contributed by atoms with Gasteiger partial charge < -0.3 is 5.32 Å². The molecule has 1 fully saturated rings. The maximum atomic E-state index is 14.5. The van der Waals surface area contributed by atoms with Gasteiger partial charge in [-0.15, -0.1) is 5.10 Å². The summed E-state index contributed by atoms with van der Waals surface area (Å²) in [6.07, 6.45) is 0.753. The number of hydrogen-bond donors (Lipinski definition) is 1. The van der Waals surface area contributed by atoms with E-state index in [9.17, 15) is 26.0 Å². The first-order valence-electron chi connectivity index (χ1n) is 8.99. The van der Waals surface area contributed by atoms with Crippen LogP contribution in [0.5, 0.6) is 0 Å². The van der Waals surface area contributed by atoms with Crippen molar-refractivity contribution >= 4 is 21.5 Å². The standard InChI is InChI=1S/C18H17F4N5O2S/c1-30(28,29)26-6-5-14(13(22)9-26)24-18-23-8-16-12(21)7-15(27(16)25-18)17-10(19)3-2-4-11(17)20/h2-4,7-8,13-14H,5-6,9H2,1H3,(H,24,25)/t13-,14-/m1/s1. The van der Waals surface area contributed by atoms with Gasteiger partial charge in [-0.05, 0) is 18.6 Å². The number of hydrogen-bond acceptors (Lipinski definition) is 5. The highest BCUT2D eigenvalue weighted by Gasteiger charge is 2.33. The number of nitrogens with one attached hydrogen (secondary N) is 1. The Hall–Kier alpha value is -2.73. The predicted octanol–water partition coefficient (Wildman–Crippen LogP) is 2.60. The van der Waals surface area contributed by atoms with E-state index in [-0.39, 0.29) is 36.7 Å². The van der Waals surface area contributed by atoms with Gasteiger partial charge in [0, 0.05) is 19.2 Å². The van der Waals surface area contributed by atoms with E-state index in [0.717, 1.165) is 39.5 Å². The second-order valence-electron chi connectivity index (χ2n) is 7.03. The molecule has 1 aliphatic heterocycles. The zero-order valence-corrected chi connectivity index (χ0v) is 16.5. The minimum atomic E-state index is -3.51. The average molecular weight is 443 g/mol. The van der Waals surface area contributed by atoms with Crippen LogP contribution in [-0.2, 0) is 10.0 Å². The van der Waals surface area contributed by atoms with Gasteiger partial charge in [-0.1, -0.05) is 6.07 Å². The number of alkyl halides is 1. The molecule has 2 aromatic heterocycles. The lowest BCUT2D eigenvalue weighted by Gasteiger charge is -2.33. The van der Waals surface area contributed by atoms with Crippen molar-refractivity contribution in [1.82, 2.24) is 18.9 Å². The molecule has 12 heteroatoms. The van der Waals surface area contributed by atoms with E-state index in [2.05, 4.69) is 15.4 Å². The van der Waals surface area contributed by atoms with Gasteiger partial charge in [0.25, 0.3) is 0 Å². The summed E-state index contributed by atoms with van der Waals surface area (Å²) < 4.78 is 82.4. The molecule has 1 saturated heterocycles. The fourth-order valence-corrected chi connectivity index (χ4v) is 4.30. The normalized spacial score (nSPS) is 20.6. The van der Waals surface area contributed by atoms with Crippen LogP contribution >= 0.6 is 0 Å².